The molecule has 1 nitrogen and oxygen atoms in total. The molecule has 1 N–H and O–H groups in total. The van der Waals surface area contributed by atoms with Gasteiger partial charge in [-0.3, -0.25) is 0 Å². The van der Waals surface area contributed by atoms with Gasteiger partial charge in [0, 0.05) is 18.2 Å². The number of hydrogen-bond acceptors (Lipinski definition) is 1. The van der Waals surface area contributed by atoms with Crippen LogP contribution in [-0.4, -0.2) is 0 Å². The van der Waals surface area contributed by atoms with E-state index in [0.29, 0.717) is 10.9 Å². The van der Waals surface area contributed by atoms with Crippen molar-refractivity contribution < 1.29 is 8.78 Å². The van der Waals surface area contributed by atoms with Crippen LogP contribution < -0.4 is 5.32 Å². The quantitative estimate of drug-likeness (QED) is 0.820. The van der Waals surface area contributed by atoms with E-state index in [4.69, 9.17) is 0 Å². The SMILES string of the molecule is Fc1ccc(Br)c(F)c1CC1NCc2ccccc21. The third-order valence-electron chi connectivity index (χ3n) is 3.52. The van der Waals surface area contributed by atoms with Crippen LogP contribution in [0.5, 0.6) is 0 Å². The normalized spacial score (nSPS) is 17.5. The minimum Gasteiger partial charge on any atom is -0.306 e. The molecule has 19 heavy (non-hydrogen) atoms. The van der Waals surface area contributed by atoms with Crippen molar-refractivity contribution in [3.8, 4) is 0 Å². The van der Waals surface area contributed by atoms with E-state index in [2.05, 4.69) is 21.2 Å². The molecule has 2 aromatic carbocycles. The Morgan fingerprint density at radius 1 is 1.16 bits per heavy atom. The Morgan fingerprint density at radius 2 is 1.95 bits per heavy atom. The maximum atomic E-state index is 14.0. The standard InChI is InChI=1S/C15H12BrF2N/c16-12-5-6-13(17)11(15(12)18)7-14-10-4-2-1-3-9(10)8-19-14/h1-6,14,19H,7-8H2. The van der Waals surface area contributed by atoms with Crippen LogP contribution in [0.1, 0.15) is 22.7 Å². The summed E-state index contributed by atoms with van der Waals surface area (Å²) in [6, 6.07) is 10.6. The highest BCUT2D eigenvalue weighted by Crippen LogP contribution is 2.31. The van der Waals surface area contributed by atoms with Gasteiger partial charge in [-0.2, -0.15) is 0 Å². The largest absolute Gasteiger partial charge is 0.306 e. The summed E-state index contributed by atoms with van der Waals surface area (Å²) in [5.41, 5.74) is 2.45. The average molecular weight is 324 g/mol. The van der Waals surface area contributed by atoms with E-state index in [1.807, 2.05) is 24.3 Å². The van der Waals surface area contributed by atoms with Gasteiger partial charge < -0.3 is 5.32 Å². The molecule has 0 saturated heterocycles. The van der Waals surface area contributed by atoms with Crippen LogP contribution in [0.3, 0.4) is 0 Å². The van der Waals surface area contributed by atoms with Crippen molar-refractivity contribution in [2.45, 2.75) is 19.0 Å². The Morgan fingerprint density at radius 3 is 2.79 bits per heavy atom. The van der Waals surface area contributed by atoms with Gasteiger partial charge >= 0.3 is 0 Å². The Balaban J connectivity index is 1.94. The predicted molar refractivity (Wildman–Crippen MR) is 73.8 cm³/mol. The average Bonchev–Trinajstić information content (AvgIpc) is 2.83. The molecular formula is C15H12BrF2N. The van der Waals surface area contributed by atoms with Crippen LogP contribution in [0, 0.1) is 11.6 Å². The van der Waals surface area contributed by atoms with Crippen molar-refractivity contribution in [2.24, 2.45) is 0 Å². The zero-order chi connectivity index (χ0) is 13.4. The summed E-state index contributed by atoms with van der Waals surface area (Å²) >= 11 is 3.10. The number of halogens is 3. The van der Waals surface area contributed by atoms with Gasteiger partial charge in [-0.25, -0.2) is 8.78 Å². The van der Waals surface area contributed by atoms with E-state index in [-0.39, 0.29) is 11.6 Å². The first-order chi connectivity index (χ1) is 9.16. The molecule has 0 bridgehead atoms. The molecular weight excluding hydrogens is 312 g/mol. The molecule has 0 aromatic heterocycles. The number of nitrogens with one attached hydrogen (secondary N) is 1. The topological polar surface area (TPSA) is 12.0 Å². The Bertz CT molecular complexity index is 628. The molecule has 1 aliphatic rings. The predicted octanol–water partition coefficient (Wildman–Crippen LogP) is 4.11. The van der Waals surface area contributed by atoms with Gasteiger partial charge in [0.05, 0.1) is 4.47 Å². The fourth-order valence-corrected chi connectivity index (χ4v) is 2.89. The third kappa shape index (κ3) is 2.30. The van der Waals surface area contributed by atoms with Gasteiger partial charge in [0.1, 0.15) is 11.6 Å². The van der Waals surface area contributed by atoms with E-state index in [1.54, 1.807) is 0 Å². The van der Waals surface area contributed by atoms with Crippen LogP contribution in [0.2, 0.25) is 0 Å². The molecule has 1 heterocycles. The summed E-state index contributed by atoms with van der Waals surface area (Å²) in [5.74, 6) is -1.00. The van der Waals surface area contributed by atoms with Crippen molar-refractivity contribution in [2.75, 3.05) is 0 Å². The molecule has 0 saturated carbocycles. The number of hydrogen-bond donors (Lipinski definition) is 1. The second kappa shape index (κ2) is 5.02. The van der Waals surface area contributed by atoms with E-state index in [0.717, 1.165) is 12.1 Å². The smallest absolute Gasteiger partial charge is 0.143 e. The molecule has 1 atom stereocenters. The van der Waals surface area contributed by atoms with Crippen LogP contribution in [0.25, 0.3) is 0 Å². The maximum Gasteiger partial charge on any atom is 0.143 e. The Kier molecular flexibility index (Phi) is 3.37. The summed E-state index contributed by atoms with van der Waals surface area (Å²) in [6.45, 7) is 0.748. The fraction of sp³-hybridized carbons (Fsp3) is 0.200. The highest BCUT2D eigenvalue weighted by molar-refractivity contribution is 9.10. The molecule has 4 heteroatoms. The molecule has 0 fully saturated rings. The number of fused-ring (bicyclic) bond motifs is 1. The molecule has 3 rings (SSSR count). The second-order valence-corrected chi connectivity index (χ2v) is 5.51. The van der Waals surface area contributed by atoms with Gasteiger partial charge in [-0.15, -0.1) is 0 Å². The Hall–Kier alpha value is -1.26. The van der Waals surface area contributed by atoms with Crippen LogP contribution in [0.15, 0.2) is 40.9 Å². The van der Waals surface area contributed by atoms with Crippen LogP contribution in [-0.2, 0) is 13.0 Å². The van der Waals surface area contributed by atoms with Crippen molar-refractivity contribution in [1.29, 1.82) is 0 Å². The van der Waals surface area contributed by atoms with Crippen molar-refractivity contribution in [1.82, 2.24) is 5.32 Å². The number of rotatable bonds is 2. The molecule has 2 aromatic rings. The van der Waals surface area contributed by atoms with Crippen molar-refractivity contribution in [3.05, 3.63) is 69.2 Å². The lowest BCUT2D eigenvalue weighted by Crippen LogP contribution is -2.16. The van der Waals surface area contributed by atoms with Gasteiger partial charge in [0.15, 0.2) is 0 Å². The first kappa shape index (κ1) is 12.8. The number of benzene rings is 2. The van der Waals surface area contributed by atoms with Crippen LogP contribution in [0.4, 0.5) is 8.78 Å². The van der Waals surface area contributed by atoms with Gasteiger partial charge in [-0.1, -0.05) is 24.3 Å². The highest BCUT2D eigenvalue weighted by atomic mass is 79.9. The minimum atomic E-state index is -0.508. The molecule has 0 spiro atoms. The maximum absolute atomic E-state index is 14.0. The molecule has 98 valence electrons. The summed E-state index contributed by atoms with van der Waals surface area (Å²) in [4.78, 5) is 0. The second-order valence-electron chi connectivity index (χ2n) is 4.66. The fourth-order valence-electron chi connectivity index (χ4n) is 2.52. The molecule has 1 aliphatic heterocycles. The zero-order valence-corrected chi connectivity index (χ0v) is 11.7. The Labute approximate surface area is 118 Å². The van der Waals surface area contributed by atoms with E-state index in [9.17, 15) is 8.78 Å². The molecule has 0 aliphatic carbocycles. The molecule has 0 amide bonds. The van der Waals surface area contributed by atoms with Gasteiger partial charge in [-0.05, 0) is 45.6 Å². The van der Waals surface area contributed by atoms with Gasteiger partial charge in [0.2, 0.25) is 0 Å². The summed E-state index contributed by atoms with van der Waals surface area (Å²) in [6.07, 6.45) is 0.314. The first-order valence-corrected chi connectivity index (χ1v) is 6.89. The van der Waals surface area contributed by atoms with E-state index >= 15 is 0 Å². The van der Waals surface area contributed by atoms with E-state index < -0.39 is 11.6 Å². The third-order valence-corrected chi connectivity index (χ3v) is 4.13. The molecule has 0 radical (unpaired) electrons. The molecule has 1 unspecified atom stereocenters. The lowest BCUT2D eigenvalue weighted by molar-refractivity contribution is 0.510. The van der Waals surface area contributed by atoms with Crippen LogP contribution >= 0.6 is 15.9 Å². The zero-order valence-electron chi connectivity index (χ0n) is 10.1. The lowest BCUT2D eigenvalue weighted by atomic mass is 9.98. The highest BCUT2D eigenvalue weighted by Gasteiger charge is 2.24. The van der Waals surface area contributed by atoms with Crippen molar-refractivity contribution >= 4 is 15.9 Å². The van der Waals surface area contributed by atoms with Gasteiger partial charge in [0.25, 0.3) is 0 Å². The monoisotopic (exact) mass is 323 g/mol. The van der Waals surface area contributed by atoms with Crippen molar-refractivity contribution in [3.63, 3.8) is 0 Å². The summed E-state index contributed by atoms with van der Waals surface area (Å²) in [7, 11) is 0. The summed E-state index contributed by atoms with van der Waals surface area (Å²) < 4.78 is 28.0. The van der Waals surface area contributed by atoms with E-state index in [1.165, 1.54) is 17.7 Å². The lowest BCUT2D eigenvalue weighted by Gasteiger charge is -2.14. The first-order valence-electron chi connectivity index (χ1n) is 6.10. The summed E-state index contributed by atoms with van der Waals surface area (Å²) in [5, 5.41) is 3.30. The minimum absolute atomic E-state index is 0.0329.